The van der Waals surface area contributed by atoms with Crippen LogP contribution in [0.15, 0.2) is 36.4 Å². The average Bonchev–Trinajstić information content (AvgIpc) is 2.83. The lowest BCUT2D eigenvalue weighted by Crippen LogP contribution is -2.17. The highest BCUT2D eigenvalue weighted by molar-refractivity contribution is 7.12. The summed E-state index contributed by atoms with van der Waals surface area (Å²) in [6, 6.07) is 12.8. The summed E-state index contributed by atoms with van der Waals surface area (Å²) in [7, 11) is 0. The van der Waals surface area contributed by atoms with Gasteiger partial charge in [0.15, 0.2) is 0 Å². The van der Waals surface area contributed by atoms with Crippen LogP contribution in [-0.2, 0) is 13.2 Å². The molecule has 0 fully saturated rings. The van der Waals surface area contributed by atoms with Gasteiger partial charge in [-0.2, -0.15) is 0 Å². The lowest BCUT2D eigenvalue weighted by atomic mass is 10.1. The van der Waals surface area contributed by atoms with Crippen molar-refractivity contribution in [1.29, 1.82) is 0 Å². The van der Waals surface area contributed by atoms with Crippen molar-refractivity contribution in [1.82, 2.24) is 5.32 Å². The molecule has 2 rings (SSSR count). The van der Waals surface area contributed by atoms with Crippen molar-refractivity contribution in [2.75, 3.05) is 0 Å². The lowest BCUT2D eigenvalue weighted by molar-refractivity contribution is 0.281. The molecule has 0 aliphatic rings. The van der Waals surface area contributed by atoms with Crippen LogP contribution in [0.5, 0.6) is 0 Å². The average molecular weight is 261 g/mol. The number of aryl methyl sites for hydroxylation is 1. The zero-order valence-electron chi connectivity index (χ0n) is 10.8. The van der Waals surface area contributed by atoms with Crippen molar-refractivity contribution < 1.29 is 5.11 Å². The summed E-state index contributed by atoms with van der Waals surface area (Å²) in [5.41, 5.74) is 2.18. The molecule has 0 bridgehead atoms. The zero-order chi connectivity index (χ0) is 13.0. The SMILES string of the molecule is Cc1ccc(C(C)NCc2cccc(CO)c2)s1. The number of aliphatic hydroxyl groups is 1. The van der Waals surface area contributed by atoms with Crippen LogP contribution in [0.4, 0.5) is 0 Å². The Kier molecular flexibility index (Phi) is 4.53. The molecule has 3 heteroatoms. The summed E-state index contributed by atoms with van der Waals surface area (Å²) in [5, 5.41) is 12.6. The molecule has 96 valence electrons. The first-order chi connectivity index (χ1) is 8.69. The van der Waals surface area contributed by atoms with Gasteiger partial charge in [0.1, 0.15) is 0 Å². The van der Waals surface area contributed by atoms with E-state index in [0.29, 0.717) is 6.04 Å². The second-order valence-corrected chi connectivity index (χ2v) is 5.85. The van der Waals surface area contributed by atoms with Crippen molar-refractivity contribution in [3.63, 3.8) is 0 Å². The van der Waals surface area contributed by atoms with E-state index in [1.807, 2.05) is 29.5 Å². The van der Waals surface area contributed by atoms with E-state index in [4.69, 9.17) is 5.11 Å². The molecule has 0 spiro atoms. The number of thiophene rings is 1. The highest BCUT2D eigenvalue weighted by atomic mass is 32.1. The van der Waals surface area contributed by atoms with Crippen LogP contribution in [-0.4, -0.2) is 5.11 Å². The van der Waals surface area contributed by atoms with E-state index in [1.54, 1.807) is 0 Å². The normalized spacial score (nSPS) is 12.6. The van der Waals surface area contributed by atoms with Crippen molar-refractivity contribution in [2.45, 2.75) is 33.0 Å². The summed E-state index contributed by atoms with van der Waals surface area (Å²) in [6.07, 6.45) is 0. The smallest absolute Gasteiger partial charge is 0.0681 e. The van der Waals surface area contributed by atoms with Crippen molar-refractivity contribution in [3.8, 4) is 0 Å². The van der Waals surface area contributed by atoms with E-state index in [2.05, 4.69) is 37.4 Å². The van der Waals surface area contributed by atoms with E-state index in [-0.39, 0.29) is 6.61 Å². The third-order valence-corrected chi connectivity index (χ3v) is 4.16. The van der Waals surface area contributed by atoms with Crippen LogP contribution in [0.1, 0.15) is 33.8 Å². The molecule has 1 heterocycles. The molecule has 1 aromatic heterocycles. The maximum Gasteiger partial charge on any atom is 0.0681 e. The Morgan fingerprint density at radius 1 is 1.22 bits per heavy atom. The van der Waals surface area contributed by atoms with E-state index in [1.165, 1.54) is 15.3 Å². The van der Waals surface area contributed by atoms with Gasteiger partial charge in [-0.25, -0.2) is 0 Å². The van der Waals surface area contributed by atoms with Gasteiger partial charge in [-0.05, 0) is 37.1 Å². The quantitative estimate of drug-likeness (QED) is 0.864. The first kappa shape index (κ1) is 13.3. The number of aliphatic hydroxyl groups excluding tert-OH is 1. The molecule has 1 unspecified atom stereocenters. The standard InChI is InChI=1S/C15H19NOS/c1-11-6-7-15(18-11)12(2)16-9-13-4-3-5-14(8-13)10-17/h3-8,12,16-17H,9-10H2,1-2H3. The number of hydrogen-bond acceptors (Lipinski definition) is 3. The molecule has 0 saturated carbocycles. The summed E-state index contributed by atoms with van der Waals surface area (Å²) in [6.45, 7) is 5.24. The fourth-order valence-corrected chi connectivity index (χ4v) is 2.80. The van der Waals surface area contributed by atoms with E-state index in [9.17, 15) is 0 Å². The molecule has 2 nitrogen and oxygen atoms in total. The Morgan fingerprint density at radius 3 is 2.67 bits per heavy atom. The van der Waals surface area contributed by atoms with Gasteiger partial charge in [0, 0.05) is 22.3 Å². The first-order valence-electron chi connectivity index (χ1n) is 6.17. The summed E-state index contributed by atoms with van der Waals surface area (Å²) in [5.74, 6) is 0. The van der Waals surface area contributed by atoms with Crippen molar-refractivity contribution in [3.05, 3.63) is 57.3 Å². The topological polar surface area (TPSA) is 32.3 Å². The molecule has 0 amide bonds. The molecule has 1 atom stereocenters. The third-order valence-electron chi connectivity index (χ3n) is 2.97. The second-order valence-electron chi connectivity index (χ2n) is 4.53. The Morgan fingerprint density at radius 2 is 2.00 bits per heavy atom. The highest BCUT2D eigenvalue weighted by Gasteiger charge is 2.06. The third kappa shape index (κ3) is 3.42. The van der Waals surface area contributed by atoms with Crippen LogP contribution in [0.25, 0.3) is 0 Å². The maximum absolute atomic E-state index is 9.10. The molecule has 1 aromatic carbocycles. The van der Waals surface area contributed by atoms with Crippen LogP contribution in [0, 0.1) is 6.92 Å². The predicted molar refractivity (Wildman–Crippen MR) is 76.7 cm³/mol. The lowest BCUT2D eigenvalue weighted by Gasteiger charge is -2.12. The molecule has 0 aliphatic heterocycles. The molecule has 0 saturated heterocycles. The number of nitrogens with one attached hydrogen (secondary N) is 1. The Bertz CT molecular complexity index is 507. The minimum absolute atomic E-state index is 0.105. The molecule has 2 aromatic rings. The zero-order valence-corrected chi connectivity index (χ0v) is 11.6. The molecular weight excluding hydrogens is 242 g/mol. The Labute approximate surface area is 112 Å². The van der Waals surface area contributed by atoms with Crippen LogP contribution >= 0.6 is 11.3 Å². The van der Waals surface area contributed by atoms with E-state index >= 15 is 0 Å². The van der Waals surface area contributed by atoms with Gasteiger partial charge in [0.25, 0.3) is 0 Å². The van der Waals surface area contributed by atoms with Crippen LogP contribution in [0.2, 0.25) is 0 Å². The van der Waals surface area contributed by atoms with Gasteiger partial charge < -0.3 is 10.4 Å². The second kappa shape index (κ2) is 6.14. The number of rotatable bonds is 5. The van der Waals surface area contributed by atoms with Crippen molar-refractivity contribution >= 4 is 11.3 Å². The molecule has 2 N–H and O–H groups in total. The molecule has 18 heavy (non-hydrogen) atoms. The molecule has 0 aliphatic carbocycles. The van der Waals surface area contributed by atoms with Gasteiger partial charge >= 0.3 is 0 Å². The largest absolute Gasteiger partial charge is 0.392 e. The van der Waals surface area contributed by atoms with Gasteiger partial charge in [-0.15, -0.1) is 11.3 Å². The highest BCUT2D eigenvalue weighted by Crippen LogP contribution is 2.22. The van der Waals surface area contributed by atoms with Crippen molar-refractivity contribution in [2.24, 2.45) is 0 Å². The Hall–Kier alpha value is -1.16. The fourth-order valence-electron chi connectivity index (χ4n) is 1.90. The van der Waals surface area contributed by atoms with E-state index in [0.717, 1.165) is 12.1 Å². The van der Waals surface area contributed by atoms with Crippen LogP contribution < -0.4 is 5.32 Å². The van der Waals surface area contributed by atoms with E-state index < -0.39 is 0 Å². The summed E-state index contributed by atoms with van der Waals surface area (Å²) < 4.78 is 0. The maximum atomic E-state index is 9.10. The minimum Gasteiger partial charge on any atom is -0.392 e. The molecular formula is C15H19NOS. The van der Waals surface area contributed by atoms with Gasteiger partial charge in [-0.1, -0.05) is 24.3 Å². The Balaban J connectivity index is 1.94. The number of hydrogen-bond donors (Lipinski definition) is 2. The summed E-state index contributed by atoms with van der Waals surface area (Å²) in [4.78, 5) is 2.71. The number of benzene rings is 1. The molecule has 0 radical (unpaired) electrons. The van der Waals surface area contributed by atoms with Gasteiger partial charge in [-0.3, -0.25) is 0 Å². The predicted octanol–water partition coefficient (Wildman–Crippen LogP) is 3.40. The first-order valence-corrected chi connectivity index (χ1v) is 6.99. The van der Waals surface area contributed by atoms with Gasteiger partial charge in [0.2, 0.25) is 0 Å². The van der Waals surface area contributed by atoms with Gasteiger partial charge in [0.05, 0.1) is 6.61 Å². The summed E-state index contributed by atoms with van der Waals surface area (Å²) >= 11 is 1.84. The van der Waals surface area contributed by atoms with Crippen LogP contribution in [0.3, 0.4) is 0 Å². The fraction of sp³-hybridized carbons (Fsp3) is 0.333. The minimum atomic E-state index is 0.105. The monoisotopic (exact) mass is 261 g/mol.